The molecule has 1 atom stereocenters. The molecular weight excluding hydrogens is 272 g/mol. The van der Waals surface area contributed by atoms with Crippen molar-refractivity contribution in [3.63, 3.8) is 0 Å². The van der Waals surface area contributed by atoms with E-state index in [4.69, 9.17) is 4.74 Å². The highest BCUT2D eigenvalue weighted by Crippen LogP contribution is 2.25. The highest BCUT2D eigenvalue weighted by atomic mass is 19.2. The predicted molar refractivity (Wildman–Crippen MR) is 79.6 cm³/mol. The molecule has 21 heavy (non-hydrogen) atoms. The first-order valence-corrected chi connectivity index (χ1v) is 6.81. The molecule has 1 N–H and O–H groups in total. The fraction of sp³-hybridized carbons (Fsp3) is 0.294. The van der Waals surface area contributed by atoms with Crippen molar-refractivity contribution < 1.29 is 13.5 Å². The number of nitrogens with one attached hydrogen (secondary N) is 1. The molecule has 0 radical (unpaired) electrons. The summed E-state index contributed by atoms with van der Waals surface area (Å²) in [5, 5.41) is 3.04. The summed E-state index contributed by atoms with van der Waals surface area (Å²) in [6.45, 7) is 1.55. The van der Waals surface area contributed by atoms with E-state index >= 15 is 0 Å². The highest BCUT2D eigenvalue weighted by Gasteiger charge is 2.18. The van der Waals surface area contributed by atoms with Crippen LogP contribution in [0.5, 0.6) is 5.75 Å². The standard InChI is InChI=1S/C17H19F2NO/c1-11-7-8-14(17(19)16(11)18)15(20-2)10-12-5-4-6-13(9-12)21-3/h4-9,15,20H,10H2,1-3H3. The van der Waals surface area contributed by atoms with Gasteiger partial charge in [-0.3, -0.25) is 0 Å². The second-order valence-electron chi connectivity index (χ2n) is 5.00. The van der Waals surface area contributed by atoms with Crippen molar-refractivity contribution in [1.82, 2.24) is 5.32 Å². The number of hydrogen-bond donors (Lipinski definition) is 1. The van der Waals surface area contributed by atoms with Crippen LogP contribution in [0.15, 0.2) is 36.4 Å². The number of methoxy groups -OCH3 is 1. The van der Waals surface area contributed by atoms with Gasteiger partial charge in [0.1, 0.15) is 5.75 Å². The van der Waals surface area contributed by atoms with Gasteiger partial charge in [0.2, 0.25) is 0 Å². The van der Waals surface area contributed by atoms with Crippen molar-refractivity contribution >= 4 is 0 Å². The maximum Gasteiger partial charge on any atom is 0.163 e. The van der Waals surface area contributed by atoms with Gasteiger partial charge in [0, 0.05) is 11.6 Å². The lowest BCUT2D eigenvalue weighted by atomic mass is 9.97. The largest absolute Gasteiger partial charge is 0.497 e. The smallest absolute Gasteiger partial charge is 0.163 e. The molecule has 0 aliphatic carbocycles. The Morgan fingerprint density at radius 1 is 1.14 bits per heavy atom. The first kappa shape index (κ1) is 15.4. The van der Waals surface area contributed by atoms with E-state index in [0.29, 0.717) is 17.5 Å². The van der Waals surface area contributed by atoms with Gasteiger partial charge in [-0.05, 0) is 43.7 Å². The van der Waals surface area contributed by atoms with E-state index < -0.39 is 11.6 Å². The summed E-state index contributed by atoms with van der Waals surface area (Å²) in [4.78, 5) is 0. The molecule has 0 amide bonds. The topological polar surface area (TPSA) is 21.3 Å². The zero-order valence-electron chi connectivity index (χ0n) is 12.4. The number of halogens is 2. The predicted octanol–water partition coefficient (Wildman–Crippen LogP) is 3.79. The van der Waals surface area contributed by atoms with Gasteiger partial charge in [-0.25, -0.2) is 8.78 Å². The molecule has 0 aliphatic heterocycles. The van der Waals surface area contributed by atoms with Gasteiger partial charge in [0.25, 0.3) is 0 Å². The molecule has 0 fully saturated rings. The molecule has 0 saturated carbocycles. The molecule has 0 heterocycles. The van der Waals surface area contributed by atoms with Crippen LogP contribution in [-0.4, -0.2) is 14.2 Å². The second kappa shape index (κ2) is 6.68. The van der Waals surface area contributed by atoms with Crippen LogP contribution in [-0.2, 0) is 6.42 Å². The van der Waals surface area contributed by atoms with E-state index in [2.05, 4.69) is 5.32 Å². The van der Waals surface area contributed by atoms with Crippen molar-refractivity contribution in [3.05, 3.63) is 64.7 Å². The average molecular weight is 291 g/mol. The maximum absolute atomic E-state index is 14.1. The molecule has 2 nitrogen and oxygen atoms in total. The third-order valence-electron chi connectivity index (χ3n) is 3.60. The fourth-order valence-electron chi connectivity index (χ4n) is 2.33. The van der Waals surface area contributed by atoms with Crippen LogP contribution < -0.4 is 10.1 Å². The van der Waals surface area contributed by atoms with Gasteiger partial charge in [-0.1, -0.05) is 24.3 Å². The summed E-state index contributed by atoms with van der Waals surface area (Å²) >= 11 is 0. The maximum atomic E-state index is 14.1. The zero-order valence-corrected chi connectivity index (χ0v) is 12.4. The van der Waals surface area contributed by atoms with Crippen molar-refractivity contribution in [2.75, 3.05) is 14.2 Å². The summed E-state index contributed by atoms with van der Waals surface area (Å²) in [5.74, 6) is -0.812. The molecule has 4 heteroatoms. The Kier molecular flexibility index (Phi) is 4.91. The first-order chi connectivity index (χ1) is 10.1. The van der Waals surface area contributed by atoms with E-state index in [0.717, 1.165) is 11.3 Å². The summed E-state index contributed by atoms with van der Waals surface area (Å²) in [7, 11) is 3.34. The van der Waals surface area contributed by atoms with E-state index in [-0.39, 0.29) is 6.04 Å². The minimum absolute atomic E-state index is 0.299. The summed E-state index contributed by atoms with van der Waals surface area (Å²) in [6, 6.07) is 10.5. The average Bonchev–Trinajstić information content (AvgIpc) is 2.51. The number of hydrogen-bond acceptors (Lipinski definition) is 2. The van der Waals surface area contributed by atoms with Crippen LogP contribution in [0.1, 0.15) is 22.7 Å². The van der Waals surface area contributed by atoms with Crippen molar-refractivity contribution in [1.29, 1.82) is 0 Å². The minimum Gasteiger partial charge on any atom is -0.497 e. The van der Waals surface area contributed by atoms with Gasteiger partial charge in [-0.15, -0.1) is 0 Å². The number of benzene rings is 2. The van der Waals surface area contributed by atoms with Gasteiger partial charge in [0.15, 0.2) is 11.6 Å². The number of ether oxygens (including phenoxy) is 1. The van der Waals surface area contributed by atoms with E-state index in [1.54, 1.807) is 33.2 Å². The van der Waals surface area contributed by atoms with Gasteiger partial charge in [-0.2, -0.15) is 0 Å². The molecule has 0 spiro atoms. The molecule has 2 aromatic carbocycles. The van der Waals surface area contributed by atoms with Crippen LogP contribution in [0.25, 0.3) is 0 Å². The Morgan fingerprint density at radius 2 is 1.90 bits per heavy atom. The van der Waals surface area contributed by atoms with Gasteiger partial charge in [0.05, 0.1) is 7.11 Å². The van der Waals surface area contributed by atoms with Gasteiger partial charge < -0.3 is 10.1 Å². The third-order valence-corrected chi connectivity index (χ3v) is 3.60. The lowest BCUT2D eigenvalue weighted by Gasteiger charge is -2.18. The summed E-state index contributed by atoms with van der Waals surface area (Å²) in [6.07, 6.45) is 0.549. The minimum atomic E-state index is -0.780. The number of rotatable bonds is 5. The Labute approximate surface area is 123 Å². The molecule has 0 aromatic heterocycles. The quantitative estimate of drug-likeness (QED) is 0.905. The Balaban J connectivity index is 2.30. The van der Waals surface area contributed by atoms with Crippen molar-refractivity contribution in [2.24, 2.45) is 0 Å². The normalized spacial score (nSPS) is 12.2. The van der Waals surface area contributed by atoms with Crippen LogP contribution in [0.3, 0.4) is 0 Å². The SMILES string of the molecule is CNC(Cc1cccc(OC)c1)c1ccc(C)c(F)c1F. The van der Waals surface area contributed by atoms with Crippen molar-refractivity contribution in [2.45, 2.75) is 19.4 Å². The van der Waals surface area contributed by atoms with Gasteiger partial charge >= 0.3 is 0 Å². The summed E-state index contributed by atoms with van der Waals surface area (Å²) in [5.41, 5.74) is 1.64. The number of likely N-dealkylation sites (N-methyl/N-ethyl adjacent to an activating group) is 1. The molecular formula is C17H19F2NO. The van der Waals surface area contributed by atoms with Crippen LogP contribution in [0, 0.1) is 18.6 Å². The first-order valence-electron chi connectivity index (χ1n) is 6.81. The lowest BCUT2D eigenvalue weighted by molar-refractivity contribution is 0.413. The van der Waals surface area contributed by atoms with E-state index in [1.165, 1.54) is 0 Å². The second-order valence-corrected chi connectivity index (χ2v) is 5.00. The highest BCUT2D eigenvalue weighted by molar-refractivity contribution is 5.32. The Morgan fingerprint density at radius 3 is 2.57 bits per heavy atom. The van der Waals surface area contributed by atoms with Crippen LogP contribution >= 0.6 is 0 Å². The molecule has 112 valence electrons. The molecule has 2 aromatic rings. The number of aryl methyl sites for hydroxylation is 1. The van der Waals surface area contributed by atoms with E-state index in [9.17, 15) is 8.78 Å². The molecule has 0 aliphatic rings. The van der Waals surface area contributed by atoms with Crippen LogP contribution in [0.2, 0.25) is 0 Å². The molecule has 2 rings (SSSR count). The monoisotopic (exact) mass is 291 g/mol. The van der Waals surface area contributed by atoms with Crippen LogP contribution in [0.4, 0.5) is 8.78 Å². The fourth-order valence-corrected chi connectivity index (χ4v) is 2.33. The summed E-state index contributed by atoms with van der Waals surface area (Å²) < 4.78 is 33.0. The molecule has 0 bridgehead atoms. The zero-order chi connectivity index (χ0) is 15.4. The molecule has 1 unspecified atom stereocenters. The lowest BCUT2D eigenvalue weighted by Crippen LogP contribution is -2.20. The molecule has 0 saturated heterocycles. The van der Waals surface area contributed by atoms with E-state index in [1.807, 2.05) is 24.3 Å². The Bertz CT molecular complexity index is 628. The third kappa shape index (κ3) is 3.39. The van der Waals surface area contributed by atoms with Crippen molar-refractivity contribution in [3.8, 4) is 5.75 Å². The Hall–Kier alpha value is -1.94.